The predicted molar refractivity (Wildman–Crippen MR) is 120 cm³/mol. The van der Waals surface area contributed by atoms with Gasteiger partial charge < -0.3 is 5.73 Å². The molecule has 0 fully saturated rings. The molecule has 7 nitrogen and oxygen atoms in total. The van der Waals surface area contributed by atoms with Gasteiger partial charge >= 0.3 is 0 Å². The number of Topliss-reactive ketones (excluding diaryl/α,β-unsaturated/α-hetero) is 1. The van der Waals surface area contributed by atoms with Crippen LogP contribution < -0.4 is 10.6 Å². The quantitative estimate of drug-likeness (QED) is 0.501. The van der Waals surface area contributed by atoms with Crippen LogP contribution in [0.3, 0.4) is 0 Å². The second-order valence-electron chi connectivity index (χ2n) is 7.58. The predicted octanol–water partition coefficient (Wildman–Crippen LogP) is 5.23. The zero-order valence-electron chi connectivity index (χ0n) is 16.9. The Kier molecular flexibility index (Phi) is 5.33. The molecule has 0 bridgehead atoms. The van der Waals surface area contributed by atoms with E-state index in [-0.39, 0.29) is 27.9 Å². The minimum Gasteiger partial charge on any atom is -0.384 e. The third-order valence-corrected chi connectivity index (χ3v) is 6.99. The molecule has 2 N–H and O–H groups in total. The number of nitriles is 1. The van der Waals surface area contributed by atoms with E-state index in [2.05, 4.69) is 6.07 Å². The van der Waals surface area contributed by atoms with Crippen LogP contribution in [0.25, 0.3) is 0 Å². The van der Waals surface area contributed by atoms with E-state index in [9.17, 15) is 20.2 Å². The molecule has 1 atom stereocenters. The molecule has 0 unspecified atom stereocenters. The molecule has 0 spiro atoms. The Hall–Kier alpha value is -3.15. The molecule has 0 saturated heterocycles. The van der Waals surface area contributed by atoms with Crippen molar-refractivity contribution in [1.82, 2.24) is 0 Å². The van der Waals surface area contributed by atoms with Crippen molar-refractivity contribution in [2.45, 2.75) is 39.0 Å². The highest BCUT2D eigenvalue weighted by Gasteiger charge is 2.41. The van der Waals surface area contributed by atoms with E-state index in [4.69, 9.17) is 17.3 Å². The third-order valence-electron chi connectivity index (χ3n) is 5.69. The molecule has 158 valence electrons. The SMILES string of the molecule is Cc1cc([C@H]2C(C#N)=C(N)N(c3cc([N+](=O)[O-])ccc3Cl)C3=C2C(=O)CCC3)c(C)s1. The Morgan fingerprint density at radius 3 is 2.68 bits per heavy atom. The van der Waals surface area contributed by atoms with Gasteiger partial charge in [0.25, 0.3) is 5.69 Å². The summed E-state index contributed by atoms with van der Waals surface area (Å²) in [4.78, 5) is 27.6. The number of nitrogens with zero attached hydrogens (tertiary/aromatic N) is 3. The smallest absolute Gasteiger partial charge is 0.271 e. The summed E-state index contributed by atoms with van der Waals surface area (Å²) in [7, 11) is 0. The number of nitro groups is 1. The molecule has 0 saturated carbocycles. The lowest BCUT2D eigenvalue weighted by atomic mass is 9.75. The Bertz CT molecular complexity index is 1240. The highest BCUT2D eigenvalue weighted by molar-refractivity contribution is 7.12. The summed E-state index contributed by atoms with van der Waals surface area (Å²) in [5.41, 5.74) is 8.98. The van der Waals surface area contributed by atoms with Gasteiger partial charge in [0, 0.05) is 39.6 Å². The van der Waals surface area contributed by atoms with Gasteiger partial charge in [0.05, 0.1) is 33.2 Å². The van der Waals surface area contributed by atoms with Crippen molar-refractivity contribution in [1.29, 1.82) is 5.26 Å². The number of anilines is 1. The fourth-order valence-corrected chi connectivity index (χ4v) is 5.56. The zero-order chi connectivity index (χ0) is 22.4. The number of non-ortho nitro benzene ring substituents is 1. The van der Waals surface area contributed by atoms with Gasteiger partial charge in [-0.3, -0.25) is 19.8 Å². The van der Waals surface area contributed by atoms with E-state index < -0.39 is 10.8 Å². The summed E-state index contributed by atoms with van der Waals surface area (Å²) in [5.74, 6) is -0.445. The number of aryl methyl sites for hydroxylation is 2. The highest BCUT2D eigenvalue weighted by atomic mass is 35.5. The molecule has 31 heavy (non-hydrogen) atoms. The number of rotatable bonds is 3. The molecular formula is C22H19ClN4O3S. The Morgan fingerprint density at radius 1 is 1.32 bits per heavy atom. The highest BCUT2D eigenvalue weighted by Crippen LogP contribution is 2.49. The number of nitro benzene ring substituents is 1. The first-order valence-corrected chi connectivity index (χ1v) is 10.9. The van der Waals surface area contributed by atoms with Crippen LogP contribution in [0.2, 0.25) is 5.02 Å². The van der Waals surface area contributed by atoms with E-state index >= 15 is 0 Å². The fraction of sp³-hybridized carbons (Fsp3) is 0.273. The van der Waals surface area contributed by atoms with Crippen molar-refractivity contribution < 1.29 is 9.72 Å². The van der Waals surface area contributed by atoms with Gasteiger partial charge in [-0.1, -0.05) is 11.6 Å². The number of benzene rings is 1. The summed E-state index contributed by atoms with van der Waals surface area (Å²) in [6, 6.07) is 8.26. The summed E-state index contributed by atoms with van der Waals surface area (Å²) in [6.45, 7) is 3.95. The van der Waals surface area contributed by atoms with Crippen LogP contribution in [0.1, 0.15) is 40.5 Å². The second kappa shape index (κ2) is 7.84. The molecule has 1 aliphatic carbocycles. The van der Waals surface area contributed by atoms with Gasteiger partial charge in [0.15, 0.2) is 5.78 Å². The van der Waals surface area contributed by atoms with E-state index in [1.165, 1.54) is 18.2 Å². The monoisotopic (exact) mass is 454 g/mol. The molecule has 1 aromatic carbocycles. The van der Waals surface area contributed by atoms with Crippen LogP contribution in [-0.4, -0.2) is 10.7 Å². The lowest BCUT2D eigenvalue weighted by Gasteiger charge is -2.39. The van der Waals surface area contributed by atoms with E-state index in [1.54, 1.807) is 16.2 Å². The standard InChI is InChI=1S/C22H19ClN4O3S/c1-11-8-14(12(2)31-11)20-15(10-24)22(25)26(17-4-3-5-19(28)21(17)20)18-9-13(27(29)30)6-7-16(18)23/h6-9,20H,3-5,25H2,1-2H3/t20-/m0/s1. The van der Waals surface area contributed by atoms with Gasteiger partial charge in [-0.05, 0) is 44.4 Å². The van der Waals surface area contributed by atoms with Crippen molar-refractivity contribution in [3.8, 4) is 6.07 Å². The number of hydrogen-bond acceptors (Lipinski definition) is 7. The Labute approximate surface area is 188 Å². The zero-order valence-corrected chi connectivity index (χ0v) is 18.5. The third kappa shape index (κ3) is 3.40. The molecule has 2 aliphatic rings. The summed E-state index contributed by atoms with van der Waals surface area (Å²) in [6.07, 6.45) is 1.56. The average molecular weight is 455 g/mol. The minimum absolute atomic E-state index is 0.0405. The van der Waals surface area contributed by atoms with Crippen LogP contribution in [0.4, 0.5) is 11.4 Å². The summed E-state index contributed by atoms with van der Waals surface area (Å²) >= 11 is 8.01. The number of thiophene rings is 1. The molecular weight excluding hydrogens is 436 g/mol. The van der Waals surface area contributed by atoms with E-state index in [0.29, 0.717) is 36.2 Å². The second-order valence-corrected chi connectivity index (χ2v) is 9.45. The molecule has 2 aromatic rings. The van der Waals surface area contributed by atoms with Crippen molar-refractivity contribution >= 4 is 40.1 Å². The van der Waals surface area contributed by atoms with Gasteiger partial charge in [0.2, 0.25) is 0 Å². The number of hydrogen-bond donors (Lipinski definition) is 1. The van der Waals surface area contributed by atoms with Crippen molar-refractivity contribution in [3.63, 3.8) is 0 Å². The van der Waals surface area contributed by atoms with Gasteiger partial charge in [-0.15, -0.1) is 11.3 Å². The van der Waals surface area contributed by atoms with Crippen molar-refractivity contribution in [2.75, 3.05) is 4.90 Å². The van der Waals surface area contributed by atoms with Crippen LogP contribution in [0.15, 0.2) is 46.9 Å². The molecule has 1 aliphatic heterocycles. The maximum Gasteiger partial charge on any atom is 0.271 e. The number of nitrogens with two attached hydrogens (primary N) is 1. The van der Waals surface area contributed by atoms with Crippen LogP contribution >= 0.6 is 22.9 Å². The largest absolute Gasteiger partial charge is 0.384 e. The fourth-order valence-electron chi connectivity index (χ4n) is 4.40. The maximum atomic E-state index is 13.1. The molecule has 0 amide bonds. The van der Waals surface area contributed by atoms with Gasteiger partial charge in [0.1, 0.15) is 5.82 Å². The molecule has 4 rings (SSSR count). The van der Waals surface area contributed by atoms with Gasteiger partial charge in [-0.25, -0.2) is 0 Å². The average Bonchev–Trinajstić information content (AvgIpc) is 3.05. The number of allylic oxidation sites excluding steroid dienone is 3. The Balaban J connectivity index is 2.01. The van der Waals surface area contributed by atoms with Crippen molar-refractivity contribution in [2.24, 2.45) is 5.73 Å². The molecule has 2 heterocycles. The number of carbonyl (C=O) groups is 1. The topological polar surface area (TPSA) is 113 Å². The minimum atomic E-state index is -0.550. The molecule has 9 heteroatoms. The van der Waals surface area contributed by atoms with E-state index in [0.717, 1.165) is 15.3 Å². The lowest BCUT2D eigenvalue weighted by Crippen LogP contribution is -2.39. The molecule has 1 aromatic heterocycles. The summed E-state index contributed by atoms with van der Waals surface area (Å²) < 4.78 is 0. The lowest BCUT2D eigenvalue weighted by molar-refractivity contribution is -0.384. The number of ketones is 1. The number of halogens is 1. The van der Waals surface area contributed by atoms with Crippen LogP contribution in [0, 0.1) is 35.3 Å². The van der Waals surface area contributed by atoms with Crippen molar-refractivity contribution in [3.05, 3.63) is 77.4 Å². The van der Waals surface area contributed by atoms with Crippen LogP contribution in [-0.2, 0) is 4.79 Å². The first-order valence-electron chi connectivity index (χ1n) is 9.71. The molecule has 0 radical (unpaired) electrons. The first kappa shape index (κ1) is 21.1. The first-order chi connectivity index (χ1) is 14.7. The number of carbonyl (C=O) groups excluding carboxylic acids is 1. The maximum absolute atomic E-state index is 13.1. The van der Waals surface area contributed by atoms with Gasteiger partial charge in [-0.2, -0.15) is 5.26 Å². The van der Waals surface area contributed by atoms with Crippen LogP contribution in [0.5, 0.6) is 0 Å². The van der Waals surface area contributed by atoms with E-state index in [1.807, 2.05) is 19.9 Å². The normalized spacial score (nSPS) is 18.8. The Morgan fingerprint density at radius 2 is 2.06 bits per heavy atom. The summed E-state index contributed by atoms with van der Waals surface area (Å²) in [5, 5.41) is 21.6.